The maximum Gasteiger partial charge on any atom is 0.139 e. The molecule has 0 aliphatic heterocycles. The fourth-order valence-corrected chi connectivity index (χ4v) is 6.55. The topological polar surface area (TPSA) is 37.3 Å². The van der Waals surface area contributed by atoms with Crippen LogP contribution in [0.5, 0.6) is 0 Å². The minimum Gasteiger partial charge on any atom is -0.389 e. The monoisotopic (exact) mass is 288 g/mol. The van der Waals surface area contributed by atoms with Crippen LogP contribution < -0.4 is 0 Å². The van der Waals surface area contributed by atoms with Gasteiger partial charge in [0.25, 0.3) is 0 Å². The first kappa shape index (κ1) is 14.0. The predicted molar refractivity (Wildman–Crippen MR) is 82.7 cm³/mol. The van der Waals surface area contributed by atoms with Crippen LogP contribution in [0.15, 0.2) is 11.6 Å². The van der Waals surface area contributed by atoms with E-state index in [2.05, 4.69) is 19.9 Å². The molecule has 0 radical (unpaired) electrons. The number of ketones is 1. The van der Waals surface area contributed by atoms with Gasteiger partial charge in [-0.05, 0) is 73.7 Å². The molecular weight excluding hydrogens is 260 g/mol. The minimum atomic E-state index is -0.205. The molecule has 0 bridgehead atoms. The van der Waals surface area contributed by atoms with Gasteiger partial charge in [-0.15, -0.1) is 0 Å². The van der Waals surface area contributed by atoms with Crippen molar-refractivity contribution in [1.82, 2.24) is 0 Å². The van der Waals surface area contributed by atoms with E-state index in [4.69, 9.17) is 0 Å². The highest BCUT2D eigenvalue weighted by Gasteiger charge is 2.58. The predicted octanol–water partition coefficient (Wildman–Crippen LogP) is 3.88. The molecule has 2 heteroatoms. The lowest BCUT2D eigenvalue weighted by molar-refractivity contribution is -0.132. The summed E-state index contributed by atoms with van der Waals surface area (Å²) in [6, 6.07) is 0. The lowest BCUT2D eigenvalue weighted by atomic mass is 9.48. The molecule has 116 valence electrons. The fourth-order valence-electron chi connectivity index (χ4n) is 6.55. The third-order valence-electron chi connectivity index (χ3n) is 7.77. The van der Waals surface area contributed by atoms with Gasteiger partial charge < -0.3 is 5.11 Å². The number of hydrogen-bond donors (Lipinski definition) is 1. The van der Waals surface area contributed by atoms with Gasteiger partial charge in [-0.1, -0.05) is 19.9 Å². The van der Waals surface area contributed by atoms with Crippen LogP contribution in [0, 0.1) is 28.6 Å². The number of aliphatic hydroxyl groups is 1. The molecule has 0 saturated heterocycles. The summed E-state index contributed by atoms with van der Waals surface area (Å²) in [5.74, 6) is 2.48. The van der Waals surface area contributed by atoms with Gasteiger partial charge >= 0.3 is 0 Å². The van der Waals surface area contributed by atoms with Crippen LogP contribution in [0.2, 0.25) is 0 Å². The Labute approximate surface area is 128 Å². The molecular formula is C19H28O2. The second-order valence-corrected chi connectivity index (χ2v) is 8.52. The van der Waals surface area contributed by atoms with Gasteiger partial charge in [0, 0.05) is 11.8 Å². The number of aliphatic hydroxyl groups excluding tert-OH is 1. The first-order valence-corrected chi connectivity index (χ1v) is 8.89. The Hall–Kier alpha value is -0.630. The summed E-state index contributed by atoms with van der Waals surface area (Å²) in [6.45, 7) is 4.64. The first-order chi connectivity index (χ1) is 9.97. The molecule has 2 nitrogen and oxygen atoms in total. The summed E-state index contributed by atoms with van der Waals surface area (Å²) in [6.07, 6.45) is 10.8. The molecule has 3 saturated carbocycles. The van der Waals surface area contributed by atoms with Crippen LogP contribution in [0.25, 0.3) is 0 Å². The highest BCUT2D eigenvalue weighted by molar-refractivity contribution is 5.87. The Kier molecular flexibility index (Phi) is 2.96. The van der Waals surface area contributed by atoms with Crippen molar-refractivity contribution in [2.75, 3.05) is 0 Å². The van der Waals surface area contributed by atoms with Crippen molar-refractivity contribution in [2.45, 2.75) is 71.3 Å². The summed E-state index contributed by atoms with van der Waals surface area (Å²) in [5.41, 5.74) is 1.51. The summed E-state index contributed by atoms with van der Waals surface area (Å²) >= 11 is 0. The molecule has 6 atom stereocenters. The van der Waals surface area contributed by atoms with Crippen molar-refractivity contribution in [3.63, 3.8) is 0 Å². The van der Waals surface area contributed by atoms with Crippen molar-refractivity contribution in [3.05, 3.63) is 11.6 Å². The van der Waals surface area contributed by atoms with Crippen molar-refractivity contribution < 1.29 is 9.90 Å². The fraction of sp³-hybridized carbons (Fsp3) is 0.842. The third kappa shape index (κ3) is 1.72. The molecule has 0 spiro atoms. The number of hydrogen-bond acceptors (Lipinski definition) is 2. The summed E-state index contributed by atoms with van der Waals surface area (Å²) in [4.78, 5) is 12.4. The standard InChI is InChI=1S/C19H28O2/c1-18-10-3-4-16(20)15(18)6-5-12-13-7-8-17(21)19(13,2)11-9-14(12)18/h6,12-14,16,20H,3-5,7-11H2,1-2H3/t12-,13-,14-,16-,18+,19-/m0/s1. The van der Waals surface area contributed by atoms with E-state index >= 15 is 0 Å². The SMILES string of the molecule is C[C@]12CCC[C@H](O)C1=CC[C@@H]1[C@@H]2CC[C@]2(C)C(=O)CC[C@@H]12. The first-order valence-electron chi connectivity index (χ1n) is 8.89. The normalized spacial score (nSPS) is 52.7. The minimum absolute atomic E-state index is 0.0316. The average molecular weight is 288 g/mol. The van der Waals surface area contributed by atoms with Crippen LogP contribution in [0.3, 0.4) is 0 Å². The Bertz CT molecular complexity index is 508. The van der Waals surface area contributed by atoms with E-state index in [1.54, 1.807) is 0 Å². The summed E-state index contributed by atoms with van der Waals surface area (Å²) in [7, 11) is 0. The van der Waals surface area contributed by atoms with E-state index in [-0.39, 0.29) is 16.9 Å². The zero-order valence-electron chi connectivity index (χ0n) is 13.4. The Morgan fingerprint density at radius 3 is 2.67 bits per heavy atom. The summed E-state index contributed by atoms with van der Waals surface area (Å²) < 4.78 is 0. The molecule has 21 heavy (non-hydrogen) atoms. The lowest BCUT2D eigenvalue weighted by Crippen LogP contribution is -2.51. The van der Waals surface area contributed by atoms with Crippen LogP contribution in [0.4, 0.5) is 0 Å². The second kappa shape index (κ2) is 4.44. The van der Waals surface area contributed by atoms with E-state index in [0.717, 1.165) is 38.5 Å². The van der Waals surface area contributed by atoms with E-state index in [9.17, 15) is 9.90 Å². The van der Waals surface area contributed by atoms with Gasteiger partial charge in [0.1, 0.15) is 5.78 Å². The quantitative estimate of drug-likeness (QED) is 0.687. The number of Topliss-reactive ketones (excluding diaryl/α,β-unsaturated/α-hetero) is 1. The van der Waals surface area contributed by atoms with Gasteiger partial charge in [-0.25, -0.2) is 0 Å². The summed E-state index contributed by atoms with van der Waals surface area (Å²) in [5, 5.41) is 10.4. The highest BCUT2D eigenvalue weighted by Crippen LogP contribution is 2.63. The van der Waals surface area contributed by atoms with Crippen molar-refractivity contribution >= 4 is 5.78 Å². The molecule has 4 aliphatic rings. The van der Waals surface area contributed by atoms with Crippen LogP contribution in [0.1, 0.15) is 65.2 Å². The molecule has 0 amide bonds. The molecule has 0 aromatic rings. The third-order valence-corrected chi connectivity index (χ3v) is 7.77. The van der Waals surface area contributed by atoms with Crippen molar-refractivity contribution in [2.24, 2.45) is 28.6 Å². The number of allylic oxidation sites excluding steroid dienone is 1. The van der Waals surface area contributed by atoms with Gasteiger partial charge in [-0.3, -0.25) is 4.79 Å². The molecule has 0 aromatic carbocycles. The average Bonchev–Trinajstić information content (AvgIpc) is 2.75. The highest BCUT2D eigenvalue weighted by atomic mass is 16.3. The van der Waals surface area contributed by atoms with Crippen molar-refractivity contribution in [3.8, 4) is 0 Å². The maximum absolute atomic E-state index is 12.4. The molecule has 0 heterocycles. The van der Waals surface area contributed by atoms with Gasteiger partial charge in [0.15, 0.2) is 0 Å². The number of carbonyl (C=O) groups is 1. The zero-order chi connectivity index (χ0) is 14.8. The van der Waals surface area contributed by atoms with Crippen molar-refractivity contribution in [1.29, 1.82) is 0 Å². The molecule has 1 N–H and O–H groups in total. The largest absolute Gasteiger partial charge is 0.389 e. The Morgan fingerprint density at radius 1 is 1.10 bits per heavy atom. The van der Waals surface area contributed by atoms with Gasteiger partial charge in [0.05, 0.1) is 6.10 Å². The van der Waals surface area contributed by atoms with Crippen LogP contribution in [-0.2, 0) is 4.79 Å². The lowest BCUT2D eigenvalue weighted by Gasteiger charge is -2.57. The van der Waals surface area contributed by atoms with E-state index < -0.39 is 0 Å². The smallest absolute Gasteiger partial charge is 0.139 e. The van der Waals surface area contributed by atoms with Gasteiger partial charge in [-0.2, -0.15) is 0 Å². The molecule has 3 fully saturated rings. The van der Waals surface area contributed by atoms with Gasteiger partial charge in [0.2, 0.25) is 0 Å². The van der Waals surface area contributed by atoms with E-state index in [1.807, 2.05) is 0 Å². The van der Waals surface area contributed by atoms with Crippen LogP contribution >= 0.6 is 0 Å². The van der Waals surface area contributed by atoms with E-state index in [1.165, 1.54) is 18.4 Å². The zero-order valence-corrected chi connectivity index (χ0v) is 13.4. The Morgan fingerprint density at radius 2 is 1.86 bits per heavy atom. The number of fused-ring (bicyclic) bond motifs is 5. The number of carbonyl (C=O) groups excluding carboxylic acids is 1. The van der Waals surface area contributed by atoms with E-state index in [0.29, 0.717) is 23.5 Å². The molecule has 0 aromatic heterocycles. The molecule has 4 rings (SSSR count). The number of rotatable bonds is 0. The molecule has 4 aliphatic carbocycles. The maximum atomic E-state index is 12.4. The Balaban J connectivity index is 1.72. The second-order valence-electron chi connectivity index (χ2n) is 8.52. The van der Waals surface area contributed by atoms with Crippen LogP contribution in [-0.4, -0.2) is 17.0 Å². The molecule has 0 unspecified atom stereocenters.